The summed E-state index contributed by atoms with van der Waals surface area (Å²) >= 11 is 0. The van der Waals surface area contributed by atoms with Crippen LogP contribution in [0.5, 0.6) is 5.75 Å². The molecule has 0 spiro atoms. The fourth-order valence-corrected chi connectivity index (χ4v) is 3.23. The zero-order chi connectivity index (χ0) is 19.8. The van der Waals surface area contributed by atoms with Crippen molar-refractivity contribution in [1.82, 2.24) is 16.0 Å². The molecule has 148 valence electrons. The van der Waals surface area contributed by atoms with E-state index in [0.717, 1.165) is 18.7 Å². The van der Waals surface area contributed by atoms with Gasteiger partial charge in [0.2, 0.25) is 5.91 Å². The predicted molar refractivity (Wildman–Crippen MR) is 108 cm³/mol. The zero-order valence-electron chi connectivity index (χ0n) is 16.2. The third-order valence-electron chi connectivity index (χ3n) is 4.69. The van der Waals surface area contributed by atoms with Gasteiger partial charge in [-0.05, 0) is 42.2 Å². The number of carbonyl (C=O) groups excluding carboxylic acids is 2. The first-order valence-electron chi connectivity index (χ1n) is 9.75. The van der Waals surface area contributed by atoms with Gasteiger partial charge in [0.15, 0.2) is 0 Å². The molecule has 2 aromatic carbocycles. The molecule has 0 saturated heterocycles. The third-order valence-corrected chi connectivity index (χ3v) is 4.69. The van der Waals surface area contributed by atoms with E-state index < -0.39 is 0 Å². The minimum absolute atomic E-state index is 0.0115. The molecule has 0 aliphatic carbocycles. The predicted octanol–water partition coefficient (Wildman–Crippen LogP) is 2.51. The lowest BCUT2D eigenvalue weighted by atomic mass is 10.1. The molecular weight excluding hydrogens is 354 g/mol. The normalized spacial score (nSPS) is 12.3. The minimum atomic E-state index is -0.184. The summed E-state index contributed by atoms with van der Waals surface area (Å²) < 4.78 is 5.48. The number of nitrogens with one attached hydrogen (secondary N) is 3. The molecule has 28 heavy (non-hydrogen) atoms. The molecule has 0 fully saturated rings. The Hall–Kier alpha value is -2.86. The Bertz CT molecular complexity index is 836. The molecule has 6 heteroatoms. The second-order valence-electron chi connectivity index (χ2n) is 6.77. The Kier molecular flexibility index (Phi) is 7.03. The number of para-hydroxylation sites is 1. The topological polar surface area (TPSA) is 79.5 Å². The van der Waals surface area contributed by atoms with Crippen LogP contribution in [0.25, 0.3) is 0 Å². The van der Waals surface area contributed by atoms with Crippen LogP contribution in [0.3, 0.4) is 0 Å². The van der Waals surface area contributed by atoms with Crippen molar-refractivity contribution in [3.8, 4) is 5.75 Å². The lowest BCUT2D eigenvalue weighted by Gasteiger charge is -2.10. The lowest BCUT2D eigenvalue weighted by molar-refractivity contribution is -0.121. The Balaban J connectivity index is 1.37. The molecule has 0 unspecified atom stereocenters. The van der Waals surface area contributed by atoms with Gasteiger partial charge in [-0.25, -0.2) is 0 Å². The highest BCUT2D eigenvalue weighted by Gasteiger charge is 2.12. The van der Waals surface area contributed by atoms with Crippen molar-refractivity contribution in [3.05, 3.63) is 64.7 Å². The third kappa shape index (κ3) is 5.33. The van der Waals surface area contributed by atoms with Crippen LogP contribution in [0.2, 0.25) is 0 Å². The number of amides is 2. The van der Waals surface area contributed by atoms with E-state index in [0.29, 0.717) is 43.9 Å². The number of fused-ring (bicyclic) bond motifs is 1. The number of carbonyl (C=O) groups is 2. The highest BCUT2D eigenvalue weighted by molar-refractivity contribution is 5.96. The van der Waals surface area contributed by atoms with E-state index in [2.05, 4.69) is 34.1 Å². The zero-order valence-corrected chi connectivity index (χ0v) is 16.2. The SMILES string of the molecule is CCOc1ccccc1C(=O)NCCCC(=O)NCc1ccc2c(c1)CNC2. The monoisotopic (exact) mass is 381 g/mol. The van der Waals surface area contributed by atoms with E-state index in [9.17, 15) is 9.59 Å². The molecule has 2 aromatic rings. The highest BCUT2D eigenvalue weighted by Crippen LogP contribution is 2.18. The average molecular weight is 381 g/mol. The average Bonchev–Trinajstić information content (AvgIpc) is 3.18. The van der Waals surface area contributed by atoms with Crippen molar-refractivity contribution in [3.63, 3.8) is 0 Å². The molecule has 0 radical (unpaired) electrons. The highest BCUT2D eigenvalue weighted by atomic mass is 16.5. The second-order valence-corrected chi connectivity index (χ2v) is 6.77. The fraction of sp³-hybridized carbons (Fsp3) is 0.364. The molecule has 0 bridgehead atoms. The van der Waals surface area contributed by atoms with E-state index in [1.807, 2.05) is 13.0 Å². The molecule has 0 aromatic heterocycles. The quantitative estimate of drug-likeness (QED) is 0.583. The van der Waals surface area contributed by atoms with Crippen LogP contribution in [0.1, 0.15) is 46.8 Å². The van der Waals surface area contributed by atoms with Crippen LogP contribution in [-0.2, 0) is 24.4 Å². The first kappa shape index (κ1) is 19.9. The van der Waals surface area contributed by atoms with Crippen LogP contribution in [-0.4, -0.2) is 25.0 Å². The number of benzene rings is 2. The summed E-state index contributed by atoms with van der Waals surface area (Å²) in [5.41, 5.74) is 4.26. The van der Waals surface area contributed by atoms with E-state index in [1.165, 1.54) is 11.1 Å². The van der Waals surface area contributed by atoms with Crippen LogP contribution in [0.15, 0.2) is 42.5 Å². The van der Waals surface area contributed by atoms with Gasteiger partial charge in [0.25, 0.3) is 5.91 Å². The molecule has 1 heterocycles. The van der Waals surface area contributed by atoms with Gasteiger partial charge in [0.1, 0.15) is 5.75 Å². The molecule has 3 rings (SSSR count). The van der Waals surface area contributed by atoms with Gasteiger partial charge in [-0.2, -0.15) is 0 Å². The molecule has 2 amide bonds. The van der Waals surface area contributed by atoms with E-state index in [-0.39, 0.29) is 11.8 Å². The Morgan fingerprint density at radius 3 is 2.75 bits per heavy atom. The molecule has 3 N–H and O–H groups in total. The summed E-state index contributed by atoms with van der Waals surface area (Å²) in [5.74, 6) is 0.378. The number of hydrogen-bond acceptors (Lipinski definition) is 4. The van der Waals surface area contributed by atoms with Gasteiger partial charge in [-0.15, -0.1) is 0 Å². The first-order chi connectivity index (χ1) is 13.7. The maximum atomic E-state index is 12.3. The minimum Gasteiger partial charge on any atom is -0.493 e. The smallest absolute Gasteiger partial charge is 0.255 e. The van der Waals surface area contributed by atoms with Crippen molar-refractivity contribution >= 4 is 11.8 Å². The van der Waals surface area contributed by atoms with Gasteiger partial charge in [-0.1, -0.05) is 30.3 Å². The van der Waals surface area contributed by atoms with Crippen molar-refractivity contribution in [2.24, 2.45) is 0 Å². The number of rotatable bonds is 9. The second kappa shape index (κ2) is 9.90. The van der Waals surface area contributed by atoms with Crippen LogP contribution in [0, 0.1) is 0 Å². The number of ether oxygens (including phenoxy) is 1. The Labute approximate surface area is 165 Å². The van der Waals surface area contributed by atoms with Crippen molar-refractivity contribution in [1.29, 1.82) is 0 Å². The van der Waals surface area contributed by atoms with Crippen molar-refractivity contribution in [2.45, 2.75) is 39.4 Å². The van der Waals surface area contributed by atoms with Crippen molar-refractivity contribution in [2.75, 3.05) is 13.2 Å². The molecule has 0 saturated carbocycles. The number of hydrogen-bond donors (Lipinski definition) is 3. The summed E-state index contributed by atoms with van der Waals surface area (Å²) in [6.45, 7) is 5.17. The van der Waals surface area contributed by atoms with Crippen LogP contribution in [0.4, 0.5) is 0 Å². The van der Waals surface area contributed by atoms with Gasteiger partial charge in [-0.3, -0.25) is 9.59 Å². The molecule has 1 aliphatic heterocycles. The van der Waals surface area contributed by atoms with Crippen LogP contribution < -0.4 is 20.7 Å². The summed E-state index contributed by atoms with van der Waals surface area (Å²) in [6.07, 6.45) is 0.961. The molecule has 6 nitrogen and oxygen atoms in total. The largest absolute Gasteiger partial charge is 0.493 e. The van der Waals surface area contributed by atoms with Gasteiger partial charge in [0.05, 0.1) is 12.2 Å². The summed E-state index contributed by atoms with van der Waals surface area (Å²) in [7, 11) is 0. The summed E-state index contributed by atoms with van der Waals surface area (Å²) in [5, 5.41) is 9.11. The van der Waals surface area contributed by atoms with Gasteiger partial charge >= 0.3 is 0 Å². The lowest BCUT2D eigenvalue weighted by Crippen LogP contribution is -2.27. The molecule has 1 aliphatic rings. The Morgan fingerprint density at radius 1 is 1.07 bits per heavy atom. The van der Waals surface area contributed by atoms with Crippen LogP contribution >= 0.6 is 0 Å². The maximum absolute atomic E-state index is 12.3. The first-order valence-corrected chi connectivity index (χ1v) is 9.75. The van der Waals surface area contributed by atoms with E-state index in [4.69, 9.17) is 4.74 Å². The molecular formula is C22H27N3O3. The van der Waals surface area contributed by atoms with E-state index in [1.54, 1.807) is 18.2 Å². The Morgan fingerprint density at radius 2 is 1.89 bits per heavy atom. The van der Waals surface area contributed by atoms with Gasteiger partial charge < -0.3 is 20.7 Å². The fourth-order valence-electron chi connectivity index (χ4n) is 3.23. The van der Waals surface area contributed by atoms with Gasteiger partial charge in [0, 0.05) is 32.6 Å². The molecule has 0 atom stereocenters. The summed E-state index contributed by atoms with van der Waals surface area (Å²) in [6, 6.07) is 13.5. The van der Waals surface area contributed by atoms with Crippen molar-refractivity contribution < 1.29 is 14.3 Å². The maximum Gasteiger partial charge on any atom is 0.255 e. The summed E-state index contributed by atoms with van der Waals surface area (Å²) in [4.78, 5) is 24.3. The van der Waals surface area contributed by atoms with E-state index >= 15 is 0 Å². The standard InChI is InChI=1S/C22H27N3O3/c1-2-28-20-7-4-3-6-19(20)22(27)24-11-5-8-21(26)25-13-16-9-10-17-14-23-15-18(17)12-16/h3-4,6-7,9-10,12,23H,2,5,8,11,13-15H2,1H3,(H,24,27)(H,25,26).